The van der Waals surface area contributed by atoms with Crippen molar-refractivity contribution >= 4 is 23.4 Å². The van der Waals surface area contributed by atoms with E-state index < -0.39 is 12.1 Å². The fourth-order valence-electron chi connectivity index (χ4n) is 2.31. The summed E-state index contributed by atoms with van der Waals surface area (Å²) < 4.78 is 0. The third-order valence-corrected chi connectivity index (χ3v) is 3.45. The van der Waals surface area contributed by atoms with Crippen molar-refractivity contribution in [1.82, 2.24) is 10.4 Å². The van der Waals surface area contributed by atoms with Crippen molar-refractivity contribution < 1.29 is 14.4 Å². The number of ketones is 1. The Kier molecular flexibility index (Phi) is 4.11. The van der Waals surface area contributed by atoms with E-state index in [1.807, 2.05) is 0 Å². The Morgan fingerprint density at radius 2 is 1.95 bits per heavy atom. The molecule has 0 fully saturated rings. The monoisotopic (exact) mass is 294 g/mol. The molecular weight excluding hydrogens is 280 g/mol. The molecule has 5 nitrogen and oxygen atoms in total. The smallest absolute Gasteiger partial charge is 0.325 e. The molecule has 0 spiro atoms. The molecule has 1 aromatic carbocycles. The van der Waals surface area contributed by atoms with Crippen LogP contribution in [-0.4, -0.2) is 24.0 Å². The second-order valence-corrected chi connectivity index (χ2v) is 4.90. The Balaban J connectivity index is 2.51. The van der Waals surface area contributed by atoms with E-state index in [1.165, 1.54) is 14.0 Å². The van der Waals surface area contributed by atoms with E-state index in [-0.39, 0.29) is 5.78 Å². The average Bonchev–Trinajstić information content (AvgIpc) is 2.38. The average molecular weight is 295 g/mol. The van der Waals surface area contributed by atoms with Gasteiger partial charge in [0.15, 0.2) is 5.78 Å². The van der Waals surface area contributed by atoms with Gasteiger partial charge in [0.2, 0.25) is 0 Å². The molecule has 0 saturated heterocycles. The number of nitrogens with one attached hydrogen (secondary N) is 1. The molecule has 0 saturated carbocycles. The number of urea groups is 1. The SMILES string of the molecule is CON1C(=O)NC(c2ccc(Cl)cc2)C(C(C)=O)=C1C. The van der Waals surface area contributed by atoms with Crippen LogP contribution in [0, 0.1) is 0 Å². The highest BCUT2D eigenvalue weighted by atomic mass is 35.5. The van der Waals surface area contributed by atoms with Crippen molar-refractivity contribution in [2.24, 2.45) is 0 Å². The highest BCUT2D eigenvalue weighted by Gasteiger charge is 2.34. The highest BCUT2D eigenvalue weighted by molar-refractivity contribution is 6.30. The summed E-state index contributed by atoms with van der Waals surface area (Å²) in [4.78, 5) is 28.9. The largest absolute Gasteiger partial charge is 0.346 e. The van der Waals surface area contributed by atoms with Crippen LogP contribution < -0.4 is 5.32 Å². The molecule has 1 aromatic rings. The van der Waals surface area contributed by atoms with Gasteiger partial charge in [0.05, 0.1) is 18.8 Å². The fourth-order valence-corrected chi connectivity index (χ4v) is 2.43. The van der Waals surface area contributed by atoms with Crippen molar-refractivity contribution in [1.29, 1.82) is 0 Å². The lowest BCUT2D eigenvalue weighted by Crippen LogP contribution is -2.47. The summed E-state index contributed by atoms with van der Waals surface area (Å²) >= 11 is 5.86. The molecule has 0 bridgehead atoms. The van der Waals surface area contributed by atoms with Gasteiger partial charge in [-0.3, -0.25) is 9.63 Å². The molecule has 1 N–H and O–H groups in total. The third kappa shape index (κ3) is 2.55. The predicted molar refractivity (Wildman–Crippen MR) is 75.0 cm³/mol. The molecule has 20 heavy (non-hydrogen) atoms. The molecule has 0 radical (unpaired) electrons. The molecular formula is C14H15ClN2O3. The lowest BCUT2D eigenvalue weighted by atomic mass is 9.93. The predicted octanol–water partition coefficient (Wildman–Crippen LogP) is 2.83. The minimum atomic E-state index is -0.497. The molecule has 1 heterocycles. The number of hydrogen-bond donors (Lipinski definition) is 1. The summed E-state index contributed by atoms with van der Waals surface area (Å²) in [6, 6.07) is 6.11. The zero-order valence-electron chi connectivity index (χ0n) is 11.4. The van der Waals surface area contributed by atoms with Gasteiger partial charge in [0.25, 0.3) is 0 Å². The van der Waals surface area contributed by atoms with E-state index in [2.05, 4.69) is 5.32 Å². The Bertz CT molecular complexity index is 581. The molecule has 0 aliphatic carbocycles. The number of allylic oxidation sites excluding steroid dienone is 1. The van der Waals surface area contributed by atoms with E-state index in [1.54, 1.807) is 31.2 Å². The van der Waals surface area contributed by atoms with Crippen molar-refractivity contribution in [3.8, 4) is 0 Å². The summed E-state index contributed by atoms with van der Waals surface area (Å²) in [6.07, 6.45) is 0. The van der Waals surface area contributed by atoms with Gasteiger partial charge in [0, 0.05) is 10.6 Å². The molecule has 1 aliphatic heterocycles. The first kappa shape index (κ1) is 14.6. The molecule has 0 aromatic heterocycles. The topological polar surface area (TPSA) is 58.6 Å². The lowest BCUT2D eigenvalue weighted by Gasteiger charge is -2.33. The molecule has 1 atom stereocenters. The van der Waals surface area contributed by atoms with Crippen LogP contribution in [0.1, 0.15) is 25.5 Å². The van der Waals surface area contributed by atoms with Crippen molar-refractivity contribution in [2.75, 3.05) is 7.11 Å². The molecule has 106 valence electrons. The number of halogens is 1. The zero-order chi connectivity index (χ0) is 14.9. The number of amides is 2. The van der Waals surface area contributed by atoms with Crippen LogP contribution in [-0.2, 0) is 9.63 Å². The molecule has 6 heteroatoms. The van der Waals surface area contributed by atoms with E-state index in [4.69, 9.17) is 16.4 Å². The van der Waals surface area contributed by atoms with Crippen LogP contribution in [0.15, 0.2) is 35.5 Å². The minimum Gasteiger partial charge on any atom is -0.325 e. The first-order valence-corrected chi connectivity index (χ1v) is 6.45. The van der Waals surface area contributed by atoms with Crippen LogP contribution >= 0.6 is 11.6 Å². The Hall–Kier alpha value is -1.85. The van der Waals surface area contributed by atoms with Gasteiger partial charge in [-0.2, -0.15) is 5.06 Å². The number of benzene rings is 1. The normalized spacial score (nSPS) is 19.1. The van der Waals surface area contributed by atoms with Crippen molar-refractivity contribution in [3.05, 3.63) is 46.1 Å². The number of hydrogen-bond acceptors (Lipinski definition) is 3. The first-order chi connectivity index (χ1) is 9.45. The summed E-state index contributed by atoms with van der Waals surface area (Å²) in [7, 11) is 1.38. The number of rotatable bonds is 3. The Morgan fingerprint density at radius 1 is 1.35 bits per heavy atom. The van der Waals surface area contributed by atoms with Crippen LogP contribution in [0.3, 0.4) is 0 Å². The van der Waals surface area contributed by atoms with Crippen molar-refractivity contribution in [2.45, 2.75) is 19.9 Å². The molecule has 2 amide bonds. The van der Waals surface area contributed by atoms with Crippen molar-refractivity contribution in [3.63, 3.8) is 0 Å². The van der Waals surface area contributed by atoms with Gasteiger partial charge in [-0.1, -0.05) is 23.7 Å². The van der Waals surface area contributed by atoms with E-state index in [9.17, 15) is 9.59 Å². The number of Topliss-reactive ketones (excluding diaryl/α,β-unsaturated/α-hetero) is 1. The maximum Gasteiger partial charge on any atom is 0.346 e. The first-order valence-electron chi connectivity index (χ1n) is 6.07. The standard InChI is InChI=1S/C14H15ClN2O3/c1-8-12(9(2)18)13(16-14(19)17(8)20-3)10-4-6-11(15)7-5-10/h4-7,13H,1-3H3,(H,16,19). The second-order valence-electron chi connectivity index (χ2n) is 4.47. The Morgan fingerprint density at radius 3 is 2.45 bits per heavy atom. The summed E-state index contributed by atoms with van der Waals surface area (Å²) in [5.41, 5.74) is 1.78. The van der Waals surface area contributed by atoms with Gasteiger partial charge in [-0.15, -0.1) is 0 Å². The second kappa shape index (κ2) is 5.64. The van der Waals surface area contributed by atoms with Gasteiger partial charge in [-0.25, -0.2) is 4.79 Å². The van der Waals surface area contributed by atoms with E-state index >= 15 is 0 Å². The number of hydroxylamine groups is 2. The zero-order valence-corrected chi connectivity index (χ0v) is 12.2. The maximum absolute atomic E-state index is 12.0. The van der Waals surface area contributed by atoms with Gasteiger partial charge < -0.3 is 5.32 Å². The van der Waals surface area contributed by atoms with Crippen LogP contribution in [0.5, 0.6) is 0 Å². The number of carbonyl (C=O) groups is 2. The lowest BCUT2D eigenvalue weighted by molar-refractivity contribution is -0.115. The van der Waals surface area contributed by atoms with Crippen LogP contribution in [0.25, 0.3) is 0 Å². The number of nitrogens with zero attached hydrogens (tertiary/aromatic N) is 1. The molecule has 1 aliphatic rings. The summed E-state index contributed by atoms with van der Waals surface area (Å²) in [5, 5.41) is 4.42. The van der Waals surface area contributed by atoms with Crippen LogP contribution in [0.4, 0.5) is 4.79 Å². The minimum absolute atomic E-state index is 0.121. The Labute approximate surface area is 122 Å². The quantitative estimate of drug-likeness (QED) is 0.932. The maximum atomic E-state index is 12.0. The van der Waals surface area contributed by atoms with E-state index in [0.717, 1.165) is 10.6 Å². The summed E-state index contributed by atoms with van der Waals surface area (Å²) in [5.74, 6) is -0.121. The fraction of sp³-hybridized carbons (Fsp3) is 0.286. The van der Waals surface area contributed by atoms with Gasteiger partial charge in [-0.05, 0) is 31.5 Å². The van der Waals surface area contributed by atoms with Gasteiger partial charge >= 0.3 is 6.03 Å². The van der Waals surface area contributed by atoms with E-state index in [0.29, 0.717) is 16.3 Å². The third-order valence-electron chi connectivity index (χ3n) is 3.20. The highest BCUT2D eigenvalue weighted by Crippen LogP contribution is 2.31. The van der Waals surface area contributed by atoms with Crippen LogP contribution in [0.2, 0.25) is 5.02 Å². The molecule has 2 rings (SSSR count). The number of carbonyl (C=O) groups excluding carboxylic acids is 2. The van der Waals surface area contributed by atoms with Gasteiger partial charge in [0.1, 0.15) is 0 Å². The summed E-state index contributed by atoms with van der Waals surface area (Å²) in [6.45, 7) is 3.15. The molecule has 1 unspecified atom stereocenters.